The van der Waals surface area contributed by atoms with Gasteiger partial charge in [-0.15, -0.1) is 0 Å². The van der Waals surface area contributed by atoms with Crippen LogP contribution in [0.1, 0.15) is 66.2 Å². The molecule has 0 radical (unpaired) electrons. The molecule has 0 saturated carbocycles. The first-order valence-electron chi connectivity index (χ1n) is 19.6. The van der Waals surface area contributed by atoms with E-state index in [-0.39, 0.29) is 0 Å². The van der Waals surface area contributed by atoms with E-state index in [0.29, 0.717) is 0 Å². The van der Waals surface area contributed by atoms with Crippen molar-refractivity contribution in [3.05, 3.63) is 0 Å². The van der Waals surface area contributed by atoms with Crippen molar-refractivity contribution in [3.8, 4) is 0 Å². The molecule has 0 spiro atoms. The zero-order valence-electron chi connectivity index (χ0n) is 36.0. The maximum atomic E-state index is 15.1. The van der Waals surface area contributed by atoms with Crippen LogP contribution in [0.25, 0.3) is 0 Å². The molecule has 4 nitrogen and oxygen atoms in total. The molecule has 0 aliphatic carbocycles. The number of ether oxygens (including phenoxy) is 2. The van der Waals surface area contributed by atoms with Crippen LogP contribution < -0.4 is 0 Å². The highest BCUT2D eigenvalue weighted by atomic mass is 19.4. The molecule has 2 aliphatic heterocycles. The van der Waals surface area contributed by atoms with Crippen LogP contribution in [0.5, 0.6) is 0 Å². The predicted octanol–water partition coefficient (Wildman–Crippen LogP) is 15.2. The normalized spacial score (nSPS) is 19.9. The molecule has 0 fully saturated rings. The van der Waals surface area contributed by atoms with Crippen LogP contribution in [0.15, 0.2) is 9.98 Å². The second-order valence-corrected chi connectivity index (χ2v) is 17.2. The van der Waals surface area contributed by atoms with Gasteiger partial charge in [0.1, 0.15) is 18.6 Å². The van der Waals surface area contributed by atoms with Crippen molar-refractivity contribution in [2.75, 3.05) is 13.2 Å². The molecule has 2 rings (SSSR count). The standard InChI is InChI=1S/C35H32F34N2O2/c1-13(2)15-11-72-17(70-15)19(18-71-16(12-73-18)14(3)4,7-5-9-20(36,37)22(40,41)24(44,45)26(48,49)28(52,53)30(56,57)32(60,61)34(64,65)66)8-6-10-21(38,39)23(42,43)25(46,47)27(50,51)29(54,55)31(58,59)33(62,63)35(67,68)69/h13-16H,5-12H2,1-4H3/t15-,16-/m1/s1. The molecule has 38 heteroatoms. The van der Waals surface area contributed by atoms with Gasteiger partial charge < -0.3 is 9.47 Å². The summed E-state index contributed by atoms with van der Waals surface area (Å²) in [5, 5.41) is 0. The Morgan fingerprint density at radius 2 is 0.534 bits per heavy atom. The Hall–Kier alpha value is -3.44. The van der Waals surface area contributed by atoms with Gasteiger partial charge in [-0.05, 0) is 37.5 Å². The van der Waals surface area contributed by atoms with Crippen molar-refractivity contribution in [1.29, 1.82) is 0 Å². The summed E-state index contributed by atoms with van der Waals surface area (Å²) in [6, 6.07) is -2.55. The molecule has 0 amide bonds. The fourth-order valence-corrected chi connectivity index (χ4v) is 6.56. The Morgan fingerprint density at radius 1 is 0.329 bits per heavy atom. The van der Waals surface area contributed by atoms with E-state index >= 15 is 17.6 Å². The lowest BCUT2D eigenvalue weighted by molar-refractivity contribution is -0.461. The molecule has 0 aromatic heterocycles. The Morgan fingerprint density at radius 3 is 0.726 bits per heavy atom. The fraction of sp³-hybridized carbons (Fsp3) is 0.943. The van der Waals surface area contributed by atoms with Crippen LogP contribution >= 0.6 is 0 Å². The summed E-state index contributed by atoms with van der Waals surface area (Å²) < 4.78 is 484. The van der Waals surface area contributed by atoms with Gasteiger partial charge in [0.25, 0.3) is 0 Å². The zero-order chi connectivity index (χ0) is 58.4. The van der Waals surface area contributed by atoms with Crippen molar-refractivity contribution < 1.29 is 159 Å². The topological polar surface area (TPSA) is 43.2 Å². The summed E-state index contributed by atoms with van der Waals surface area (Å²) in [5.41, 5.74) is -3.17. The van der Waals surface area contributed by atoms with E-state index in [2.05, 4.69) is 9.98 Å². The molecular weight excluding hydrogens is 1130 g/mol. The highest BCUT2D eigenvalue weighted by Crippen LogP contribution is 2.66. The van der Waals surface area contributed by atoms with Gasteiger partial charge in [-0.1, -0.05) is 27.7 Å². The van der Waals surface area contributed by atoms with Crippen molar-refractivity contribution in [2.24, 2.45) is 27.2 Å². The Kier molecular flexibility index (Phi) is 17.0. The average molecular weight is 1160 g/mol. The van der Waals surface area contributed by atoms with E-state index in [0.717, 1.165) is 0 Å². The summed E-state index contributed by atoms with van der Waals surface area (Å²) >= 11 is 0. The first-order chi connectivity index (χ1) is 31.7. The van der Waals surface area contributed by atoms with Gasteiger partial charge in [-0.25, -0.2) is 9.98 Å². The SMILES string of the molecule is CC(C)[C@H]1COC(C(CCCC(F)(F)C(F)(F)C(F)(F)C(F)(F)C(F)(F)C(F)(F)C(F)(F)C(F)(F)F)(CCCC(F)(F)C(F)(F)C(F)(F)C(F)(F)C(F)(F)C(F)(F)C(F)(F)C(F)(F)F)C2=N[C@@H](C(C)C)CO2)=N1. The lowest BCUT2D eigenvalue weighted by Crippen LogP contribution is -2.74. The molecule has 432 valence electrons. The van der Waals surface area contributed by atoms with Crippen LogP contribution in [0.2, 0.25) is 0 Å². The van der Waals surface area contributed by atoms with Crippen LogP contribution in [-0.4, -0.2) is 132 Å². The first-order valence-corrected chi connectivity index (χ1v) is 19.6. The molecule has 73 heavy (non-hydrogen) atoms. The van der Waals surface area contributed by atoms with Crippen LogP contribution in [0.3, 0.4) is 0 Å². The van der Waals surface area contributed by atoms with Gasteiger partial charge in [-0.3, -0.25) is 0 Å². The van der Waals surface area contributed by atoms with E-state index in [9.17, 15) is 132 Å². The summed E-state index contributed by atoms with van der Waals surface area (Å²) in [4.78, 5) is 7.70. The molecule has 2 atom stereocenters. The highest BCUT2D eigenvalue weighted by molar-refractivity contribution is 6.06. The lowest BCUT2D eigenvalue weighted by Gasteiger charge is -2.43. The van der Waals surface area contributed by atoms with Gasteiger partial charge >= 0.3 is 95.3 Å². The molecule has 0 N–H and O–H groups in total. The number of alkyl halides is 34. The van der Waals surface area contributed by atoms with Crippen molar-refractivity contribution >= 4 is 11.8 Å². The van der Waals surface area contributed by atoms with Gasteiger partial charge in [0.05, 0.1) is 12.1 Å². The Balaban J connectivity index is 2.78. The molecule has 0 aromatic rings. The molecule has 2 aliphatic rings. The highest BCUT2D eigenvalue weighted by Gasteiger charge is 2.97. The Labute approximate surface area is 385 Å². The summed E-state index contributed by atoms with van der Waals surface area (Å²) in [7, 11) is 0. The second-order valence-electron chi connectivity index (χ2n) is 17.2. The van der Waals surface area contributed by atoms with Crippen LogP contribution in [0, 0.1) is 17.3 Å². The largest absolute Gasteiger partial charge is 0.478 e. The van der Waals surface area contributed by atoms with Gasteiger partial charge in [-0.2, -0.15) is 149 Å². The summed E-state index contributed by atoms with van der Waals surface area (Å²) in [6.07, 6.45) is -30.9. The van der Waals surface area contributed by atoms with Crippen molar-refractivity contribution in [2.45, 2.75) is 174 Å². The predicted molar refractivity (Wildman–Crippen MR) is 176 cm³/mol. The van der Waals surface area contributed by atoms with Gasteiger partial charge in [0, 0.05) is 12.8 Å². The van der Waals surface area contributed by atoms with E-state index < -0.39 is 188 Å². The number of aliphatic imine (C=N–C) groups is 2. The third-order valence-corrected chi connectivity index (χ3v) is 11.5. The molecule has 2 heterocycles. The molecule has 0 unspecified atom stereocenters. The maximum absolute atomic E-state index is 15.1. The number of hydrogen-bond acceptors (Lipinski definition) is 4. The smallest absolute Gasteiger partial charge is 0.460 e. The van der Waals surface area contributed by atoms with Crippen molar-refractivity contribution in [1.82, 2.24) is 0 Å². The van der Waals surface area contributed by atoms with Crippen LogP contribution in [0.4, 0.5) is 149 Å². The monoisotopic (exact) mass is 1160 g/mol. The maximum Gasteiger partial charge on any atom is 0.460 e. The van der Waals surface area contributed by atoms with E-state index in [1.54, 1.807) is 0 Å². The second kappa shape index (κ2) is 18.9. The van der Waals surface area contributed by atoms with Gasteiger partial charge in [0.2, 0.25) is 0 Å². The summed E-state index contributed by atoms with van der Waals surface area (Å²) in [5.74, 6) is -123. The lowest BCUT2D eigenvalue weighted by atomic mass is 9.76. The van der Waals surface area contributed by atoms with E-state index in [1.807, 2.05) is 0 Å². The molecule has 0 bridgehead atoms. The Bertz CT molecular complexity index is 1860. The molecule has 0 aromatic carbocycles. The minimum absolute atomic E-state index is 0.779. The van der Waals surface area contributed by atoms with E-state index in [1.165, 1.54) is 27.7 Å². The van der Waals surface area contributed by atoms with Crippen molar-refractivity contribution in [3.63, 3.8) is 0 Å². The minimum Gasteiger partial charge on any atom is -0.478 e. The third kappa shape index (κ3) is 9.74. The zero-order valence-corrected chi connectivity index (χ0v) is 36.0. The van der Waals surface area contributed by atoms with E-state index in [4.69, 9.17) is 9.47 Å². The van der Waals surface area contributed by atoms with Crippen LogP contribution in [-0.2, 0) is 9.47 Å². The molecule has 0 saturated heterocycles. The fourth-order valence-electron chi connectivity index (χ4n) is 6.56. The number of halogens is 34. The number of rotatable bonds is 24. The molecular formula is C35H32F34N2O2. The number of nitrogens with zero attached hydrogens (tertiary/aromatic N) is 2. The first kappa shape index (κ1) is 65.7. The third-order valence-electron chi connectivity index (χ3n) is 11.5. The summed E-state index contributed by atoms with van der Waals surface area (Å²) in [6.45, 7) is 3.52. The minimum atomic E-state index is -9.04. The quantitative estimate of drug-likeness (QED) is 0.0904. The average Bonchev–Trinajstić information content (AvgIpc) is 3.91. The number of hydrogen-bond donors (Lipinski definition) is 0. The van der Waals surface area contributed by atoms with Gasteiger partial charge in [0.15, 0.2) is 11.8 Å².